The molecular formula is C10H22N2O3. The van der Waals surface area contributed by atoms with Crippen molar-refractivity contribution in [3.63, 3.8) is 0 Å². The molecule has 90 valence electrons. The van der Waals surface area contributed by atoms with Gasteiger partial charge >= 0.3 is 6.09 Å². The van der Waals surface area contributed by atoms with E-state index in [2.05, 4.69) is 5.32 Å². The van der Waals surface area contributed by atoms with Crippen molar-refractivity contribution < 1.29 is 14.6 Å². The van der Waals surface area contributed by atoms with Gasteiger partial charge in [0.15, 0.2) is 0 Å². The Balaban J connectivity index is 3.55. The lowest BCUT2D eigenvalue weighted by molar-refractivity contribution is 0.0523. The molecule has 0 radical (unpaired) electrons. The van der Waals surface area contributed by atoms with E-state index < -0.39 is 11.7 Å². The molecule has 0 aliphatic rings. The van der Waals surface area contributed by atoms with Gasteiger partial charge < -0.3 is 20.1 Å². The predicted octanol–water partition coefficient (Wildman–Crippen LogP) is 0.435. The highest BCUT2D eigenvalue weighted by Crippen LogP contribution is 2.05. The van der Waals surface area contributed by atoms with E-state index in [0.29, 0.717) is 19.6 Å². The van der Waals surface area contributed by atoms with Gasteiger partial charge in [-0.3, -0.25) is 0 Å². The Morgan fingerprint density at radius 2 is 2.00 bits per heavy atom. The summed E-state index contributed by atoms with van der Waals surface area (Å²) in [6.07, 6.45) is -0.403. The maximum Gasteiger partial charge on any atom is 0.407 e. The molecule has 0 saturated heterocycles. The maximum atomic E-state index is 11.2. The topological polar surface area (TPSA) is 61.8 Å². The average molecular weight is 218 g/mol. The predicted molar refractivity (Wildman–Crippen MR) is 58.8 cm³/mol. The molecule has 0 spiro atoms. The Morgan fingerprint density at radius 3 is 2.47 bits per heavy atom. The number of nitrogens with one attached hydrogen (secondary N) is 1. The largest absolute Gasteiger partial charge is 0.444 e. The third-order valence-electron chi connectivity index (χ3n) is 1.64. The van der Waals surface area contributed by atoms with Crippen molar-refractivity contribution in [2.45, 2.75) is 26.4 Å². The number of aliphatic hydroxyl groups excluding tert-OH is 1. The Morgan fingerprint density at radius 1 is 1.40 bits per heavy atom. The van der Waals surface area contributed by atoms with Gasteiger partial charge in [-0.25, -0.2) is 4.79 Å². The monoisotopic (exact) mass is 218 g/mol. The van der Waals surface area contributed by atoms with Gasteiger partial charge in [0.1, 0.15) is 5.60 Å². The van der Waals surface area contributed by atoms with Gasteiger partial charge in [0.25, 0.3) is 0 Å². The van der Waals surface area contributed by atoms with Gasteiger partial charge in [-0.05, 0) is 27.8 Å². The quantitative estimate of drug-likeness (QED) is 0.702. The second-order valence-corrected chi connectivity index (χ2v) is 4.46. The van der Waals surface area contributed by atoms with Crippen molar-refractivity contribution in [3.05, 3.63) is 0 Å². The van der Waals surface area contributed by atoms with Crippen LogP contribution in [-0.4, -0.2) is 55.0 Å². The molecule has 1 amide bonds. The first-order chi connectivity index (χ1) is 6.85. The van der Waals surface area contributed by atoms with Crippen molar-refractivity contribution in [1.82, 2.24) is 10.2 Å². The molecule has 5 nitrogen and oxygen atoms in total. The van der Waals surface area contributed by atoms with E-state index in [4.69, 9.17) is 9.84 Å². The minimum Gasteiger partial charge on any atom is -0.444 e. The van der Waals surface area contributed by atoms with E-state index >= 15 is 0 Å². The number of carbonyl (C=O) groups excluding carboxylic acids is 1. The number of carbonyl (C=O) groups is 1. The Labute approximate surface area is 91.4 Å². The lowest BCUT2D eigenvalue weighted by Crippen LogP contribution is -2.37. The SMILES string of the molecule is CN(CCO)CCNC(=O)OC(C)(C)C. The molecule has 0 heterocycles. The normalized spacial score (nSPS) is 11.6. The molecule has 0 fully saturated rings. The first-order valence-electron chi connectivity index (χ1n) is 5.11. The maximum absolute atomic E-state index is 11.2. The molecule has 15 heavy (non-hydrogen) atoms. The summed E-state index contributed by atoms with van der Waals surface area (Å²) in [5, 5.41) is 11.3. The van der Waals surface area contributed by atoms with Crippen LogP contribution in [0.1, 0.15) is 20.8 Å². The molecule has 2 N–H and O–H groups in total. The van der Waals surface area contributed by atoms with Crippen LogP contribution in [0.15, 0.2) is 0 Å². The molecule has 0 unspecified atom stereocenters. The fourth-order valence-electron chi connectivity index (χ4n) is 0.946. The molecular weight excluding hydrogens is 196 g/mol. The van der Waals surface area contributed by atoms with E-state index in [1.54, 1.807) is 0 Å². The summed E-state index contributed by atoms with van der Waals surface area (Å²) in [5.74, 6) is 0. The number of hydrogen-bond donors (Lipinski definition) is 2. The molecule has 0 aromatic carbocycles. The van der Waals surface area contributed by atoms with E-state index in [1.807, 2.05) is 32.7 Å². The molecule has 0 bridgehead atoms. The number of alkyl carbamates (subject to hydrolysis) is 1. The number of ether oxygens (including phenoxy) is 1. The third-order valence-corrected chi connectivity index (χ3v) is 1.64. The zero-order chi connectivity index (χ0) is 11.9. The third kappa shape index (κ3) is 9.49. The van der Waals surface area contributed by atoms with E-state index in [0.717, 1.165) is 0 Å². The van der Waals surface area contributed by atoms with Crippen LogP contribution in [0, 0.1) is 0 Å². The minimum absolute atomic E-state index is 0.128. The molecule has 0 aromatic rings. The fraction of sp³-hybridized carbons (Fsp3) is 0.900. The van der Waals surface area contributed by atoms with Crippen LogP contribution in [-0.2, 0) is 4.74 Å². The van der Waals surface area contributed by atoms with Crippen LogP contribution < -0.4 is 5.32 Å². The Hall–Kier alpha value is -0.810. The van der Waals surface area contributed by atoms with Crippen LogP contribution in [0.4, 0.5) is 4.79 Å². The highest BCUT2D eigenvalue weighted by Gasteiger charge is 2.15. The lowest BCUT2D eigenvalue weighted by atomic mass is 10.2. The van der Waals surface area contributed by atoms with Gasteiger partial charge in [0.2, 0.25) is 0 Å². The first kappa shape index (κ1) is 14.2. The summed E-state index contributed by atoms with van der Waals surface area (Å²) in [6, 6.07) is 0. The molecule has 0 aromatic heterocycles. The fourth-order valence-corrected chi connectivity index (χ4v) is 0.946. The second kappa shape index (κ2) is 6.63. The summed E-state index contributed by atoms with van der Waals surface area (Å²) in [6.45, 7) is 7.42. The molecule has 0 saturated carbocycles. The summed E-state index contributed by atoms with van der Waals surface area (Å²) in [5.41, 5.74) is -0.457. The van der Waals surface area contributed by atoms with Crippen LogP contribution in [0.5, 0.6) is 0 Å². The summed E-state index contributed by atoms with van der Waals surface area (Å²) < 4.78 is 5.06. The van der Waals surface area contributed by atoms with Crippen LogP contribution >= 0.6 is 0 Å². The van der Waals surface area contributed by atoms with E-state index in [-0.39, 0.29) is 6.61 Å². The zero-order valence-corrected chi connectivity index (χ0v) is 10.0. The van der Waals surface area contributed by atoms with Gasteiger partial charge in [0.05, 0.1) is 6.61 Å². The molecule has 0 rings (SSSR count). The first-order valence-corrected chi connectivity index (χ1v) is 5.11. The second-order valence-electron chi connectivity index (χ2n) is 4.46. The average Bonchev–Trinajstić information content (AvgIpc) is 2.00. The van der Waals surface area contributed by atoms with Crippen molar-refractivity contribution in [2.24, 2.45) is 0 Å². The summed E-state index contributed by atoms with van der Waals surface area (Å²) in [7, 11) is 1.88. The summed E-state index contributed by atoms with van der Waals surface area (Å²) in [4.78, 5) is 13.1. The van der Waals surface area contributed by atoms with Crippen molar-refractivity contribution in [1.29, 1.82) is 0 Å². The van der Waals surface area contributed by atoms with Crippen LogP contribution in [0.25, 0.3) is 0 Å². The highest BCUT2D eigenvalue weighted by atomic mass is 16.6. The number of nitrogens with zero attached hydrogens (tertiary/aromatic N) is 1. The summed E-state index contributed by atoms with van der Waals surface area (Å²) >= 11 is 0. The van der Waals surface area contributed by atoms with Crippen LogP contribution in [0.3, 0.4) is 0 Å². The Kier molecular flexibility index (Phi) is 6.27. The lowest BCUT2D eigenvalue weighted by Gasteiger charge is -2.20. The van der Waals surface area contributed by atoms with Gasteiger partial charge in [-0.1, -0.05) is 0 Å². The number of amides is 1. The molecule has 5 heteroatoms. The van der Waals surface area contributed by atoms with Crippen molar-refractivity contribution in [2.75, 3.05) is 33.3 Å². The molecule has 0 aliphatic heterocycles. The molecule has 0 aliphatic carbocycles. The minimum atomic E-state index is -0.457. The standard InChI is InChI=1S/C10H22N2O3/c1-10(2,3)15-9(14)11-5-6-12(4)7-8-13/h13H,5-8H2,1-4H3,(H,11,14). The van der Waals surface area contributed by atoms with Crippen molar-refractivity contribution >= 4 is 6.09 Å². The van der Waals surface area contributed by atoms with Gasteiger partial charge in [-0.2, -0.15) is 0 Å². The smallest absolute Gasteiger partial charge is 0.407 e. The molecule has 0 atom stereocenters. The van der Waals surface area contributed by atoms with E-state index in [1.165, 1.54) is 0 Å². The van der Waals surface area contributed by atoms with Crippen LogP contribution in [0.2, 0.25) is 0 Å². The van der Waals surface area contributed by atoms with E-state index in [9.17, 15) is 4.79 Å². The highest BCUT2D eigenvalue weighted by molar-refractivity contribution is 5.67. The van der Waals surface area contributed by atoms with Crippen molar-refractivity contribution in [3.8, 4) is 0 Å². The zero-order valence-electron chi connectivity index (χ0n) is 10.0. The van der Waals surface area contributed by atoms with Gasteiger partial charge in [0, 0.05) is 19.6 Å². The number of rotatable bonds is 5. The van der Waals surface area contributed by atoms with Gasteiger partial charge in [-0.15, -0.1) is 0 Å². The number of likely N-dealkylation sites (N-methyl/N-ethyl adjacent to an activating group) is 1. The number of aliphatic hydroxyl groups is 1. The number of hydrogen-bond acceptors (Lipinski definition) is 4. The Bertz CT molecular complexity index is 190.